The lowest BCUT2D eigenvalue weighted by Gasteiger charge is -2.15. The van der Waals surface area contributed by atoms with E-state index >= 15 is 0 Å². The minimum absolute atomic E-state index is 0.130. The Morgan fingerprint density at radius 2 is 2.11 bits per heavy atom. The number of likely N-dealkylation sites (N-methyl/N-ethyl adjacent to an activating group) is 1. The summed E-state index contributed by atoms with van der Waals surface area (Å²) < 4.78 is 5.20. The Morgan fingerprint density at radius 3 is 2.72 bits per heavy atom. The van der Waals surface area contributed by atoms with E-state index in [0.717, 1.165) is 5.69 Å². The Hall–Kier alpha value is -2.04. The topological polar surface area (TPSA) is 58.6 Å². The number of methoxy groups -OCH3 is 1. The standard InChI is InChI=1S/C13H16N2O3/c1-3-15-12(16)8-10(13(15)17)14-9-6-4-5-7-11(9)18-2/h4-7,10,14H,3,8H2,1-2H3. The van der Waals surface area contributed by atoms with Crippen molar-refractivity contribution in [2.24, 2.45) is 0 Å². The van der Waals surface area contributed by atoms with E-state index < -0.39 is 6.04 Å². The van der Waals surface area contributed by atoms with E-state index in [-0.39, 0.29) is 18.2 Å². The van der Waals surface area contributed by atoms with Crippen LogP contribution in [0.25, 0.3) is 0 Å². The number of anilines is 1. The first-order valence-electron chi connectivity index (χ1n) is 5.91. The highest BCUT2D eigenvalue weighted by molar-refractivity contribution is 6.06. The Labute approximate surface area is 106 Å². The van der Waals surface area contributed by atoms with Crippen LogP contribution in [0.1, 0.15) is 13.3 Å². The molecule has 2 amide bonds. The van der Waals surface area contributed by atoms with Gasteiger partial charge in [-0.2, -0.15) is 0 Å². The molecular weight excluding hydrogens is 232 g/mol. The van der Waals surface area contributed by atoms with Crippen molar-refractivity contribution >= 4 is 17.5 Å². The number of carbonyl (C=O) groups excluding carboxylic acids is 2. The fraction of sp³-hybridized carbons (Fsp3) is 0.385. The van der Waals surface area contributed by atoms with E-state index in [9.17, 15) is 9.59 Å². The predicted molar refractivity (Wildman–Crippen MR) is 67.4 cm³/mol. The summed E-state index contributed by atoms with van der Waals surface area (Å²) in [6, 6.07) is 6.84. The lowest BCUT2D eigenvalue weighted by Crippen LogP contribution is -2.34. The van der Waals surface area contributed by atoms with Gasteiger partial charge in [0.15, 0.2) is 0 Å². The van der Waals surface area contributed by atoms with E-state index in [1.807, 2.05) is 18.2 Å². The quantitative estimate of drug-likeness (QED) is 0.815. The first kappa shape index (κ1) is 12.4. The molecule has 1 unspecified atom stereocenters. The van der Waals surface area contributed by atoms with Crippen LogP contribution in [0.4, 0.5) is 5.69 Å². The first-order valence-corrected chi connectivity index (χ1v) is 5.91. The van der Waals surface area contributed by atoms with Gasteiger partial charge in [0, 0.05) is 6.54 Å². The van der Waals surface area contributed by atoms with E-state index in [2.05, 4.69) is 5.32 Å². The summed E-state index contributed by atoms with van der Waals surface area (Å²) in [6.45, 7) is 2.21. The van der Waals surface area contributed by atoms with Crippen LogP contribution in [0, 0.1) is 0 Å². The Bertz CT molecular complexity index is 473. The second-order valence-electron chi connectivity index (χ2n) is 4.08. The predicted octanol–water partition coefficient (Wildman–Crippen LogP) is 1.25. The zero-order valence-electron chi connectivity index (χ0n) is 10.5. The van der Waals surface area contributed by atoms with Crippen LogP contribution in [0.15, 0.2) is 24.3 Å². The Morgan fingerprint density at radius 1 is 1.39 bits per heavy atom. The summed E-state index contributed by atoms with van der Waals surface area (Å²) >= 11 is 0. The van der Waals surface area contributed by atoms with E-state index in [0.29, 0.717) is 12.3 Å². The molecule has 0 radical (unpaired) electrons. The highest BCUT2D eigenvalue weighted by atomic mass is 16.5. The van der Waals surface area contributed by atoms with Crippen LogP contribution in [0.5, 0.6) is 5.75 Å². The molecule has 1 heterocycles. The van der Waals surface area contributed by atoms with Gasteiger partial charge in [-0.25, -0.2) is 0 Å². The molecule has 1 fully saturated rings. The minimum atomic E-state index is -0.492. The van der Waals surface area contributed by atoms with Crippen molar-refractivity contribution in [3.05, 3.63) is 24.3 Å². The van der Waals surface area contributed by atoms with Crippen LogP contribution >= 0.6 is 0 Å². The zero-order valence-corrected chi connectivity index (χ0v) is 10.5. The van der Waals surface area contributed by atoms with Gasteiger partial charge in [-0.15, -0.1) is 0 Å². The number of imide groups is 1. The van der Waals surface area contributed by atoms with Crippen LogP contribution in [0.2, 0.25) is 0 Å². The molecule has 1 N–H and O–H groups in total. The van der Waals surface area contributed by atoms with Gasteiger partial charge < -0.3 is 10.1 Å². The maximum atomic E-state index is 12.0. The van der Waals surface area contributed by atoms with E-state index in [1.54, 1.807) is 20.1 Å². The van der Waals surface area contributed by atoms with Gasteiger partial charge in [-0.05, 0) is 19.1 Å². The van der Waals surface area contributed by atoms with Gasteiger partial charge in [0.25, 0.3) is 5.91 Å². The summed E-state index contributed by atoms with van der Waals surface area (Å²) in [5.74, 6) is 0.357. The van der Waals surface area contributed by atoms with Crippen molar-refractivity contribution in [1.29, 1.82) is 0 Å². The molecule has 1 atom stereocenters. The summed E-state index contributed by atoms with van der Waals surface area (Å²) in [7, 11) is 1.57. The van der Waals surface area contributed by atoms with Crippen molar-refractivity contribution in [2.45, 2.75) is 19.4 Å². The number of amides is 2. The number of carbonyl (C=O) groups is 2. The van der Waals surface area contributed by atoms with Gasteiger partial charge in [0.05, 0.1) is 19.2 Å². The smallest absolute Gasteiger partial charge is 0.252 e. The maximum absolute atomic E-state index is 12.0. The van der Waals surface area contributed by atoms with Gasteiger partial charge in [0.2, 0.25) is 5.91 Å². The van der Waals surface area contributed by atoms with E-state index in [1.165, 1.54) is 4.90 Å². The highest BCUT2D eigenvalue weighted by Gasteiger charge is 2.37. The normalized spacial score (nSPS) is 19.2. The molecular formula is C13H16N2O3. The van der Waals surface area contributed by atoms with Crippen LogP contribution < -0.4 is 10.1 Å². The Kier molecular flexibility index (Phi) is 3.50. The number of benzene rings is 1. The summed E-state index contributed by atoms with van der Waals surface area (Å²) in [6.07, 6.45) is 0.199. The third-order valence-electron chi connectivity index (χ3n) is 3.00. The second-order valence-corrected chi connectivity index (χ2v) is 4.08. The molecule has 0 spiro atoms. The maximum Gasteiger partial charge on any atom is 0.252 e. The highest BCUT2D eigenvalue weighted by Crippen LogP contribution is 2.26. The van der Waals surface area contributed by atoms with Gasteiger partial charge >= 0.3 is 0 Å². The number of hydrogen-bond acceptors (Lipinski definition) is 4. The fourth-order valence-corrected chi connectivity index (χ4v) is 2.08. The largest absolute Gasteiger partial charge is 0.495 e. The number of para-hydroxylation sites is 2. The van der Waals surface area contributed by atoms with Crippen molar-refractivity contribution in [2.75, 3.05) is 19.0 Å². The fourth-order valence-electron chi connectivity index (χ4n) is 2.08. The van der Waals surface area contributed by atoms with E-state index in [4.69, 9.17) is 4.74 Å². The van der Waals surface area contributed by atoms with Gasteiger partial charge in [-0.1, -0.05) is 12.1 Å². The van der Waals surface area contributed by atoms with Crippen LogP contribution in [-0.2, 0) is 9.59 Å². The molecule has 5 nitrogen and oxygen atoms in total. The van der Waals surface area contributed by atoms with Crippen molar-refractivity contribution in [3.63, 3.8) is 0 Å². The lowest BCUT2D eigenvalue weighted by atomic mass is 10.2. The van der Waals surface area contributed by atoms with Crippen molar-refractivity contribution in [1.82, 2.24) is 4.90 Å². The number of likely N-dealkylation sites (tertiary alicyclic amines) is 1. The molecule has 0 aromatic heterocycles. The number of ether oxygens (including phenoxy) is 1. The molecule has 0 aliphatic carbocycles. The van der Waals surface area contributed by atoms with Gasteiger partial charge in [0.1, 0.15) is 11.8 Å². The molecule has 5 heteroatoms. The lowest BCUT2D eigenvalue weighted by molar-refractivity contribution is -0.138. The molecule has 1 aliphatic rings. The average molecular weight is 248 g/mol. The van der Waals surface area contributed by atoms with Crippen LogP contribution in [0.3, 0.4) is 0 Å². The molecule has 2 rings (SSSR count). The number of nitrogens with zero attached hydrogens (tertiary/aromatic N) is 1. The molecule has 0 bridgehead atoms. The van der Waals surface area contributed by atoms with Crippen LogP contribution in [-0.4, -0.2) is 36.4 Å². The third-order valence-corrected chi connectivity index (χ3v) is 3.00. The average Bonchev–Trinajstić information content (AvgIpc) is 2.65. The number of nitrogens with one attached hydrogen (secondary N) is 1. The van der Waals surface area contributed by atoms with Crippen molar-refractivity contribution in [3.8, 4) is 5.75 Å². The second kappa shape index (κ2) is 5.08. The third kappa shape index (κ3) is 2.16. The summed E-state index contributed by atoms with van der Waals surface area (Å²) in [5.41, 5.74) is 0.726. The molecule has 96 valence electrons. The minimum Gasteiger partial charge on any atom is -0.495 e. The number of hydrogen-bond donors (Lipinski definition) is 1. The Balaban J connectivity index is 2.15. The SMILES string of the molecule is CCN1C(=O)CC(Nc2ccccc2OC)C1=O. The van der Waals surface area contributed by atoms with Gasteiger partial charge in [-0.3, -0.25) is 14.5 Å². The van der Waals surface area contributed by atoms with Crippen molar-refractivity contribution < 1.29 is 14.3 Å². The molecule has 0 saturated carbocycles. The molecule has 1 aromatic rings. The summed E-state index contributed by atoms with van der Waals surface area (Å²) in [4.78, 5) is 24.8. The molecule has 1 aromatic carbocycles. The zero-order chi connectivity index (χ0) is 13.1. The number of rotatable bonds is 4. The summed E-state index contributed by atoms with van der Waals surface area (Å²) in [5, 5.41) is 3.07. The molecule has 1 saturated heterocycles. The molecule has 18 heavy (non-hydrogen) atoms. The first-order chi connectivity index (χ1) is 8.67. The molecule has 1 aliphatic heterocycles. The monoisotopic (exact) mass is 248 g/mol.